The molecule has 0 saturated heterocycles. The van der Waals surface area contributed by atoms with Gasteiger partial charge in [0.05, 0.1) is 0 Å². The molecule has 0 radical (unpaired) electrons. The molecule has 0 aliphatic carbocycles. The number of benzene rings is 4. The van der Waals surface area contributed by atoms with Gasteiger partial charge in [-0.1, -0.05) is 108 Å². The summed E-state index contributed by atoms with van der Waals surface area (Å²) in [6.07, 6.45) is 0. The quantitative estimate of drug-likeness (QED) is 0.227. The van der Waals surface area contributed by atoms with Gasteiger partial charge in [-0.25, -0.2) is 0 Å². The average Bonchev–Trinajstić information content (AvgIpc) is 2.84. The van der Waals surface area contributed by atoms with E-state index in [2.05, 4.69) is 79.0 Å². The second kappa shape index (κ2) is 14.9. The van der Waals surface area contributed by atoms with Gasteiger partial charge >= 0.3 is 0 Å². The second-order valence-corrected chi connectivity index (χ2v) is 9.51. The molecule has 0 unspecified atom stereocenters. The van der Waals surface area contributed by atoms with E-state index in [1.807, 2.05) is 67.6 Å². The summed E-state index contributed by atoms with van der Waals surface area (Å²) in [5.74, 6) is 1.22. The molecule has 0 bridgehead atoms. The summed E-state index contributed by atoms with van der Waals surface area (Å²) in [5, 5.41) is 9.87. The zero-order chi connectivity index (χ0) is 24.1. The molecule has 4 aromatic rings. The molecule has 0 amide bonds. The Kier molecular flexibility index (Phi) is 12.3. The van der Waals surface area contributed by atoms with Crippen LogP contribution >= 0.6 is 47.8 Å². The van der Waals surface area contributed by atoms with Crippen LogP contribution in [-0.4, -0.2) is 5.11 Å². The SMILES string of the molecule is BrCc1ccccc1.Cc1cc(O)ccc1Br.Cc1cc(OCc2ccccc2)ccc1Br. The summed E-state index contributed by atoms with van der Waals surface area (Å²) in [6, 6.07) is 31.7. The summed E-state index contributed by atoms with van der Waals surface area (Å²) in [4.78, 5) is 0. The molecule has 2 nitrogen and oxygen atoms in total. The van der Waals surface area contributed by atoms with Crippen LogP contribution in [0.1, 0.15) is 22.3 Å². The van der Waals surface area contributed by atoms with Crippen LogP contribution in [-0.2, 0) is 11.9 Å². The van der Waals surface area contributed by atoms with Gasteiger partial charge in [0.15, 0.2) is 0 Å². The lowest BCUT2D eigenvalue weighted by molar-refractivity contribution is 0.306. The Balaban J connectivity index is 0.000000192. The number of ether oxygens (including phenoxy) is 1. The number of phenols is 1. The van der Waals surface area contributed by atoms with Crippen molar-refractivity contribution in [3.05, 3.63) is 128 Å². The van der Waals surface area contributed by atoms with Crippen LogP contribution < -0.4 is 4.74 Å². The van der Waals surface area contributed by atoms with Gasteiger partial charge in [0.25, 0.3) is 0 Å². The van der Waals surface area contributed by atoms with Gasteiger partial charge in [-0.3, -0.25) is 0 Å². The number of hydrogen-bond acceptors (Lipinski definition) is 2. The van der Waals surface area contributed by atoms with E-state index in [9.17, 15) is 0 Å². The molecule has 0 heterocycles. The Morgan fingerprint density at radius 3 is 1.64 bits per heavy atom. The van der Waals surface area contributed by atoms with Crippen LogP contribution in [0.25, 0.3) is 0 Å². The molecule has 0 saturated carbocycles. The van der Waals surface area contributed by atoms with Crippen LogP contribution in [0, 0.1) is 13.8 Å². The molecular weight excluding hydrogens is 608 g/mol. The molecular formula is C28H27Br3O2. The molecule has 1 N–H and O–H groups in total. The van der Waals surface area contributed by atoms with Gasteiger partial charge in [-0.2, -0.15) is 0 Å². The van der Waals surface area contributed by atoms with Crippen LogP contribution in [0.4, 0.5) is 0 Å². The van der Waals surface area contributed by atoms with Gasteiger partial charge < -0.3 is 9.84 Å². The van der Waals surface area contributed by atoms with E-state index >= 15 is 0 Å². The van der Waals surface area contributed by atoms with Crippen molar-refractivity contribution in [3.63, 3.8) is 0 Å². The molecule has 0 atom stereocenters. The largest absolute Gasteiger partial charge is 0.508 e. The highest BCUT2D eigenvalue weighted by molar-refractivity contribution is 9.10. The lowest BCUT2D eigenvalue weighted by Gasteiger charge is -2.07. The fourth-order valence-corrected chi connectivity index (χ4v) is 3.51. The molecule has 172 valence electrons. The van der Waals surface area contributed by atoms with E-state index in [0.717, 1.165) is 25.6 Å². The van der Waals surface area contributed by atoms with Crippen LogP contribution in [0.3, 0.4) is 0 Å². The van der Waals surface area contributed by atoms with Gasteiger partial charge in [-0.05, 0) is 72.5 Å². The number of alkyl halides is 1. The molecule has 0 aromatic heterocycles. The predicted molar refractivity (Wildman–Crippen MR) is 149 cm³/mol. The Morgan fingerprint density at radius 2 is 1.18 bits per heavy atom. The second-order valence-electron chi connectivity index (χ2n) is 7.24. The van der Waals surface area contributed by atoms with Crippen molar-refractivity contribution in [2.45, 2.75) is 25.8 Å². The van der Waals surface area contributed by atoms with Crippen molar-refractivity contribution in [2.24, 2.45) is 0 Å². The average molecular weight is 635 g/mol. The molecule has 0 aliphatic rings. The van der Waals surface area contributed by atoms with Crippen molar-refractivity contribution in [2.75, 3.05) is 0 Å². The Labute approximate surface area is 222 Å². The van der Waals surface area contributed by atoms with Crippen LogP contribution in [0.15, 0.2) is 106 Å². The summed E-state index contributed by atoms with van der Waals surface area (Å²) < 4.78 is 7.85. The molecule has 0 fully saturated rings. The Morgan fingerprint density at radius 1 is 0.667 bits per heavy atom. The highest BCUT2D eigenvalue weighted by Gasteiger charge is 1.98. The highest BCUT2D eigenvalue weighted by atomic mass is 79.9. The van der Waals surface area contributed by atoms with Gasteiger partial charge in [0.1, 0.15) is 18.1 Å². The summed E-state index contributed by atoms with van der Waals surface area (Å²) >= 11 is 10.1. The third kappa shape index (κ3) is 10.6. The maximum atomic E-state index is 8.92. The molecule has 5 heteroatoms. The van der Waals surface area contributed by atoms with Gasteiger partial charge in [0, 0.05) is 14.3 Å². The summed E-state index contributed by atoms with van der Waals surface area (Å²) in [6.45, 7) is 4.60. The number of aromatic hydroxyl groups is 1. The molecule has 4 aromatic carbocycles. The predicted octanol–water partition coefficient (Wildman–Crippen LogP) is 9.38. The van der Waals surface area contributed by atoms with E-state index in [1.54, 1.807) is 12.1 Å². The van der Waals surface area contributed by atoms with Crippen LogP contribution in [0.5, 0.6) is 11.5 Å². The minimum absolute atomic E-state index is 0.315. The highest BCUT2D eigenvalue weighted by Crippen LogP contribution is 2.22. The zero-order valence-corrected chi connectivity index (χ0v) is 23.4. The third-order valence-corrected chi connectivity index (χ3v) is 6.94. The molecule has 0 spiro atoms. The molecule has 0 aliphatic heterocycles. The first-order valence-electron chi connectivity index (χ1n) is 10.4. The van der Waals surface area contributed by atoms with E-state index in [0.29, 0.717) is 12.4 Å². The van der Waals surface area contributed by atoms with Crippen molar-refractivity contribution in [1.82, 2.24) is 0 Å². The smallest absolute Gasteiger partial charge is 0.120 e. The number of halogens is 3. The lowest BCUT2D eigenvalue weighted by atomic mass is 10.2. The third-order valence-electron chi connectivity index (χ3n) is 4.52. The standard InChI is InChI=1S/C14H13BrO.C7H7BrO.C7H7Br/c1-11-9-13(7-8-14(11)15)16-10-12-5-3-2-4-6-12;1-5-4-6(9)2-3-7(5)8;8-6-7-4-2-1-3-5-7/h2-9H,10H2,1H3;2-4,9H,1H3;1-5H,6H2. The van der Waals surface area contributed by atoms with E-state index in [-0.39, 0.29) is 0 Å². The fourth-order valence-electron chi connectivity index (χ4n) is 2.64. The van der Waals surface area contributed by atoms with Crippen molar-refractivity contribution >= 4 is 47.8 Å². The first kappa shape index (κ1) is 27.2. The van der Waals surface area contributed by atoms with Crippen molar-refractivity contribution in [3.8, 4) is 11.5 Å². The van der Waals surface area contributed by atoms with Gasteiger partial charge in [-0.15, -0.1) is 0 Å². The van der Waals surface area contributed by atoms with E-state index in [1.165, 1.54) is 16.7 Å². The first-order valence-corrected chi connectivity index (χ1v) is 13.1. The van der Waals surface area contributed by atoms with Crippen LogP contribution in [0.2, 0.25) is 0 Å². The monoisotopic (exact) mass is 632 g/mol. The number of rotatable bonds is 4. The van der Waals surface area contributed by atoms with E-state index < -0.39 is 0 Å². The van der Waals surface area contributed by atoms with Crippen molar-refractivity contribution in [1.29, 1.82) is 0 Å². The maximum absolute atomic E-state index is 8.92. The lowest BCUT2D eigenvalue weighted by Crippen LogP contribution is -1.95. The van der Waals surface area contributed by atoms with E-state index in [4.69, 9.17) is 9.84 Å². The number of hydrogen-bond donors (Lipinski definition) is 1. The normalized spacial score (nSPS) is 9.73. The fraction of sp³-hybridized carbons (Fsp3) is 0.143. The zero-order valence-electron chi connectivity index (χ0n) is 18.6. The number of phenolic OH excluding ortho intramolecular Hbond substituents is 1. The first-order chi connectivity index (χ1) is 15.9. The Hall–Kier alpha value is -2.08. The van der Waals surface area contributed by atoms with Crippen molar-refractivity contribution < 1.29 is 9.84 Å². The maximum Gasteiger partial charge on any atom is 0.120 e. The van der Waals surface area contributed by atoms with Gasteiger partial charge in [0.2, 0.25) is 0 Å². The minimum atomic E-state index is 0.315. The minimum Gasteiger partial charge on any atom is -0.508 e. The molecule has 4 rings (SSSR count). The Bertz CT molecular complexity index is 1100. The summed E-state index contributed by atoms with van der Waals surface area (Å²) in [7, 11) is 0. The topological polar surface area (TPSA) is 29.5 Å². The summed E-state index contributed by atoms with van der Waals surface area (Å²) in [5.41, 5.74) is 4.75. The number of aryl methyl sites for hydroxylation is 2. The molecule has 33 heavy (non-hydrogen) atoms.